The molecule has 0 spiro atoms. The minimum Gasteiger partial charge on any atom is -0.370 e. The highest BCUT2D eigenvalue weighted by atomic mass is 16.2. The summed E-state index contributed by atoms with van der Waals surface area (Å²) in [6.45, 7) is 1.72. The van der Waals surface area contributed by atoms with Crippen LogP contribution >= 0.6 is 0 Å². The average molecular weight is 356 g/mol. The largest absolute Gasteiger partial charge is 0.370 e. The molecule has 2 N–H and O–H groups in total. The Hall–Kier alpha value is -2.74. The van der Waals surface area contributed by atoms with Crippen molar-refractivity contribution < 1.29 is 19.2 Å². The number of hydrogen-bond acceptors (Lipinski definition) is 6. The van der Waals surface area contributed by atoms with Crippen LogP contribution in [-0.2, 0) is 9.59 Å². The van der Waals surface area contributed by atoms with Crippen molar-refractivity contribution in [3.05, 3.63) is 29.3 Å². The van der Waals surface area contributed by atoms with E-state index in [1.165, 1.54) is 0 Å². The first-order chi connectivity index (χ1) is 12.5. The number of carbonyl (C=O) groups is 4. The van der Waals surface area contributed by atoms with Gasteiger partial charge in [-0.05, 0) is 38.1 Å². The molecule has 8 heteroatoms. The third-order valence-electron chi connectivity index (χ3n) is 5.38. The van der Waals surface area contributed by atoms with Crippen LogP contribution in [0.4, 0.5) is 5.69 Å². The highest BCUT2D eigenvalue weighted by Crippen LogP contribution is 2.31. The zero-order chi connectivity index (χ0) is 18.4. The fourth-order valence-electron chi connectivity index (χ4n) is 3.89. The van der Waals surface area contributed by atoms with Gasteiger partial charge in [0.1, 0.15) is 6.04 Å². The highest BCUT2D eigenvalue weighted by molar-refractivity contribution is 6.23. The Morgan fingerprint density at radius 1 is 1.08 bits per heavy atom. The van der Waals surface area contributed by atoms with Gasteiger partial charge in [0.15, 0.2) is 0 Å². The van der Waals surface area contributed by atoms with Gasteiger partial charge in [-0.15, -0.1) is 0 Å². The van der Waals surface area contributed by atoms with Crippen molar-refractivity contribution in [2.45, 2.75) is 31.3 Å². The highest BCUT2D eigenvalue weighted by Gasteiger charge is 2.44. The number of fused-ring (bicyclic) bond motifs is 1. The van der Waals surface area contributed by atoms with E-state index >= 15 is 0 Å². The van der Waals surface area contributed by atoms with Crippen molar-refractivity contribution in [3.8, 4) is 0 Å². The van der Waals surface area contributed by atoms with Crippen molar-refractivity contribution >= 4 is 29.3 Å². The summed E-state index contributed by atoms with van der Waals surface area (Å²) in [5.74, 6) is -1.91. The van der Waals surface area contributed by atoms with Gasteiger partial charge in [0.2, 0.25) is 11.8 Å². The lowest BCUT2D eigenvalue weighted by molar-refractivity contribution is -0.136. The van der Waals surface area contributed by atoms with E-state index < -0.39 is 23.8 Å². The third-order valence-corrected chi connectivity index (χ3v) is 5.38. The number of benzene rings is 1. The van der Waals surface area contributed by atoms with Gasteiger partial charge in [0.05, 0.1) is 11.1 Å². The standard InChI is InChI=1S/C18H20N4O4/c1-19-10-6-7-21(9-10)11-2-3-12-13(8-11)18(26)22(17(12)25)14-4-5-15(23)20-16(14)24/h2-3,8,10,14,19H,4-7,9H2,1H3,(H,20,23,24). The zero-order valence-corrected chi connectivity index (χ0v) is 14.4. The molecule has 26 heavy (non-hydrogen) atoms. The normalized spacial score (nSPS) is 25.7. The number of amides is 4. The van der Waals surface area contributed by atoms with Crippen LogP contribution in [0.15, 0.2) is 18.2 Å². The van der Waals surface area contributed by atoms with Crippen LogP contribution < -0.4 is 15.5 Å². The van der Waals surface area contributed by atoms with Crippen LogP contribution in [0.5, 0.6) is 0 Å². The number of nitrogens with zero attached hydrogens (tertiary/aromatic N) is 2. The van der Waals surface area contributed by atoms with Gasteiger partial charge in [0, 0.05) is 31.2 Å². The Kier molecular flexibility index (Phi) is 3.99. The fraction of sp³-hybridized carbons (Fsp3) is 0.444. The van der Waals surface area contributed by atoms with Gasteiger partial charge in [-0.1, -0.05) is 0 Å². The van der Waals surface area contributed by atoms with Crippen LogP contribution in [0, 0.1) is 0 Å². The summed E-state index contributed by atoms with van der Waals surface area (Å²) in [7, 11) is 1.93. The summed E-state index contributed by atoms with van der Waals surface area (Å²) in [6, 6.07) is 4.71. The van der Waals surface area contributed by atoms with Crippen molar-refractivity contribution in [2.24, 2.45) is 0 Å². The van der Waals surface area contributed by atoms with Crippen LogP contribution in [0.25, 0.3) is 0 Å². The summed E-state index contributed by atoms with van der Waals surface area (Å²) in [5, 5.41) is 5.45. The molecule has 3 aliphatic rings. The van der Waals surface area contributed by atoms with Crippen LogP contribution in [0.3, 0.4) is 0 Å². The van der Waals surface area contributed by atoms with Crippen molar-refractivity contribution in [3.63, 3.8) is 0 Å². The lowest BCUT2D eigenvalue weighted by Gasteiger charge is -2.27. The predicted molar refractivity (Wildman–Crippen MR) is 92.8 cm³/mol. The quantitative estimate of drug-likeness (QED) is 0.733. The zero-order valence-electron chi connectivity index (χ0n) is 14.4. The predicted octanol–water partition coefficient (Wildman–Crippen LogP) is -0.114. The number of nitrogens with one attached hydrogen (secondary N) is 2. The van der Waals surface area contributed by atoms with Gasteiger partial charge in [-0.3, -0.25) is 29.4 Å². The summed E-state index contributed by atoms with van der Waals surface area (Å²) >= 11 is 0. The van der Waals surface area contributed by atoms with E-state index in [9.17, 15) is 19.2 Å². The second-order valence-corrected chi connectivity index (χ2v) is 6.90. The molecule has 1 aromatic rings. The van der Waals surface area contributed by atoms with Crippen LogP contribution in [-0.4, -0.2) is 60.7 Å². The molecule has 1 aromatic carbocycles. The van der Waals surface area contributed by atoms with E-state index in [-0.39, 0.29) is 18.7 Å². The molecule has 4 amide bonds. The Labute approximate surface area is 150 Å². The lowest BCUT2D eigenvalue weighted by Crippen LogP contribution is -2.54. The van der Waals surface area contributed by atoms with E-state index in [4.69, 9.17) is 0 Å². The van der Waals surface area contributed by atoms with E-state index in [1.807, 2.05) is 13.1 Å². The monoisotopic (exact) mass is 356 g/mol. The molecule has 0 saturated carbocycles. The molecule has 2 unspecified atom stereocenters. The number of carbonyl (C=O) groups excluding carboxylic acids is 4. The number of imide groups is 2. The molecule has 0 bridgehead atoms. The first kappa shape index (κ1) is 16.7. The van der Waals surface area contributed by atoms with Gasteiger partial charge in [-0.25, -0.2) is 0 Å². The summed E-state index contributed by atoms with van der Waals surface area (Å²) < 4.78 is 0. The fourth-order valence-corrected chi connectivity index (χ4v) is 3.89. The molecule has 2 saturated heterocycles. The molecule has 2 fully saturated rings. The molecular formula is C18H20N4O4. The number of piperidine rings is 1. The van der Waals surface area contributed by atoms with Gasteiger partial charge < -0.3 is 10.2 Å². The second-order valence-electron chi connectivity index (χ2n) is 6.90. The number of rotatable bonds is 3. The number of hydrogen-bond donors (Lipinski definition) is 2. The first-order valence-corrected chi connectivity index (χ1v) is 8.77. The molecule has 4 rings (SSSR count). The van der Waals surface area contributed by atoms with Crippen molar-refractivity contribution in [1.29, 1.82) is 0 Å². The average Bonchev–Trinajstić information content (AvgIpc) is 3.20. The van der Waals surface area contributed by atoms with E-state index in [2.05, 4.69) is 15.5 Å². The minimum atomic E-state index is -0.927. The minimum absolute atomic E-state index is 0.119. The number of likely N-dealkylation sites (N-methyl/N-ethyl adjacent to an activating group) is 1. The molecule has 8 nitrogen and oxygen atoms in total. The maximum atomic E-state index is 12.8. The SMILES string of the molecule is CNC1CCN(c2ccc3c(c2)C(=O)N(C2CCC(=O)NC2=O)C3=O)C1. The smallest absolute Gasteiger partial charge is 0.262 e. The van der Waals surface area contributed by atoms with Crippen molar-refractivity contribution in [2.75, 3.05) is 25.0 Å². The van der Waals surface area contributed by atoms with E-state index in [1.54, 1.807) is 12.1 Å². The lowest BCUT2D eigenvalue weighted by atomic mass is 10.0. The Balaban J connectivity index is 1.60. The van der Waals surface area contributed by atoms with Gasteiger partial charge >= 0.3 is 0 Å². The van der Waals surface area contributed by atoms with Crippen LogP contribution in [0.1, 0.15) is 40.0 Å². The molecule has 0 aliphatic carbocycles. The molecule has 0 aromatic heterocycles. The third kappa shape index (κ3) is 2.57. The molecule has 2 atom stereocenters. The molecule has 0 radical (unpaired) electrons. The van der Waals surface area contributed by atoms with E-state index in [0.717, 1.165) is 30.1 Å². The first-order valence-electron chi connectivity index (χ1n) is 8.77. The Morgan fingerprint density at radius 2 is 1.85 bits per heavy atom. The molecule has 3 heterocycles. The molecular weight excluding hydrogens is 336 g/mol. The van der Waals surface area contributed by atoms with E-state index in [0.29, 0.717) is 17.2 Å². The summed E-state index contributed by atoms with van der Waals surface area (Å²) in [6.07, 6.45) is 1.30. The molecule has 3 aliphatic heterocycles. The van der Waals surface area contributed by atoms with Crippen LogP contribution in [0.2, 0.25) is 0 Å². The topological polar surface area (TPSA) is 98.8 Å². The molecule has 136 valence electrons. The Bertz CT molecular complexity index is 821. The Morgan fingerprint density at radius 3 is 2.54 bits per heavy atom. The van der Waals surface area contributed by atoms with Crippen molar-refractivity contribution in [1.82, 2.24) is 15.5 Å². The number of anilines is 1. The maximum absolute atomic E-state index is 12.8. The summed E-state index contributed by atoms with van der Waals surface area (Å²) in [4.78, 5) is 52.1. The maximum Gasteiger partial charge on any atom is 0.262 e. The summed E-state index contributed by atoms with van der Waals surface area (Å²) in [5.41, 5.74) is 1.53. The van der Waals surface area contributed by atoms with Gasteiger partial charge in [-0.2, -0.15) is 0 Å². The second kappa shape index (κ2) is 6.21. The van der Waals surface area contributed by atoms with Gasteiger partial charge in [0.25, 0.3) is 11.8 Å².